The van der Waals surface area contributed by atoms with Gasteiger partial charge in [-0.3, -0.25) is 14.4 Å². The Morgan fingerprint density at radius 1 is 0.882 bits per heavy atom. The predicted octanol–water partition coefficient (Wildman–Crippen LogP) is 2.70. The second-order valence-electron chi connectivity index (χ2n) is 10.1. The van der Waals surface area contributed by atoms with Gasteiger partial charge in [0.05, 0.1) is 6.10 Å². The SMILES string of the molecule is O=C(NCCN1CCCC1)c1cn(C[C@H]2CCCO2)cc(C(=O)NC2CCCCCCC2)c1=O. The first-order chi connectivity index (χ1) is 16.6. The molecule has 2 N–H and O–H groups in total. The fraction of sp³-hybridized carbons (Fsp3) is 0.731. The van der Waals surface area contributed by atoms with E-state index in [4.69, 9.17) is 4.74 Å². The molecule has 3 fully saturated rings. The number of aromatic nitrogens is 1. The summed E-state index contributed by atoms with van der Waals surface area (Å²) < 4.78 is 7.54. The van der Waals surface area contributed by atoms with Gasteiger partial charge < -0.3 is 24.8 Å². The van der Waals surface area contributed by atoms with Crippen molar-refractivity contribution in [3.8, 4) is 0 Å². The Hall–Kier alpha value is -2.19. The lowest BCUT2D eigenvalue weighted by molar-refractivity contribution is 0.0914. The smallest absolute Gasteiger partial charge is 0.256 e. The van der Waals surface area contributed by atoms with Crippen LogP contribution < -0.4 is 16.1 Å². The number of nitrogens with zero attached hydrogens (tertiary/aromatic N) is 2. The first-order valence-electron chi connectivity index (χ1n) is 13.3. The maximum Gasteiger partial charge on any atom is 0.256 e. The lowest BCUT2D eigenvalue weighted by Crippen LogP contribution is -2.41. The van der Waals surface area contributed by atoms with Crippen LogP contribution in [0.15, 0.2) is 17.2 Å². The minimum Gasteiger partial charge on any atom is -0.376 e. The molecular formula is C26H40N4O4. The number of carbonyl (C=O) groups is 2. The van der Waals surface area contributed by atoms with Crippen molar-refractivity contribution < 1.29 is 14.3 Å². The molecule has 2 saturated heterocycles. The average molecular weight is 473 g/mol. The lowest BCUT2D eigenvalue weighted by atomic mass is 9.96. The average Bonchev–Trinajstić information content (AvgIpc) is 3.51. The van der Waals surface area contributed by atoms with Gasteiger partial charge in [0.15, 0.2) is 0 Å². The number of hydrogen-bond acceptors (Lipinski definition) is 5. The van der Waals surface area contributed by atoms with Crippen molar-refractivity contribution in [2.24, 2.45) is 0 Å². The van der Waals surface area contributed by atoms with Crippen LogP contribution in [-0.2, 0) is 11.3 Å². The summed E-state index contributed by atoms with van der Waals surface area (Å²) in [5.74, 6) is -0.783. The summed E-state index contributed by atoms with van der Waals surface area (Å²) in [5.41, 5.74) is -0.414. The number of rotatable bonds is 8. The molecule has 4 rings (SSSR count). The number of hydrogen-bond donors (Lipinski definition) is 2. The Balaban J connectivity index is 1.49. The van der Waals surface area contributed by atoms with Crippen LogP contribution in [0.25, 0.3) is 0 Å². The maximum atomic E-state index is 13.2. The zero-order chi connectivity index (χ0) is 23.8. The number of pyridine rings is 1. The second-order valence-corrected chi connectivity index (χ2v) is 10.1. The van der Waals surface area contributed by atoms with E-state index in [2.05, 4.69) is 15.5 Å². The highest BCUT2D eigenvalue weighted by molar-refractivity contribution is 5.99. The molecular weight excluding hydrogens is 432 g/mol. The van der Waals surface area contributed by atoms with Crippen molar-refractivity contribution in [2.75, 3.05) is 32.8 Å². The van der Waals surface area contributed by atoms with Crippen molar-refractivity contribution in [1.29, 1.82) is 0 Å². The Bertz CT molecular complexity index is 879. The van der Waals surface area contributed by atoms with Gasteiger partial charge >= 0.3 is 0 Å². The maximum absolute atomic E-state index is 13.2. The zero-order valence-electron chi connectivity index (χ0n) is 20.4. The summed E-state index contributed by atoms with van der Waals surface area (Å²) in [6.07, 6.45) is 15.2. The van der Waals surface area contributed by atoms with Crippen LogP contribution in [0.4, 0.5) is 0 Å². The van der Waals surface area contributed by atoms with E-state index in [0.29, 0.717) is 13.1 Å². The van der Waals surface area contributed by atoms with Gasteiger partial charge in [0.2, 0.25) is 5.43 Å². The normalized spacial score (nSPS) is 22.3. The molecule has 188 valence electrons. The van der Waals surface area contributed by atoms with Crippen LogP contribution in [0.1, 0.15) is 91.3 Å². The number of amides is 2. The van der Waals surface area contributed by atoms with Crippen molar-refractivity contribution in [3.05, 3.63) is 33.7 Å². The van der Waals surface area contributed by atoms with Crippen molar-refractivity contribution in [2.45, 2.75) is 89.3 Å². The molecule has 3 heterocycles. The fourth-order valence-electron chi connectivity index (χ4n) is 5.38. The quantitative estimate of drug-likeness (QED) is 0.607. The van der Waals surface area contributed by atoms with Gasteiger partial charge in [-0.2, -0.15) is 0 Å². The largest absolute Gasteiger partial charge is 0.376 e. The predicted molar refractivity (Wildman–Crippen MR) is 131 cm³/mol. The summed E-state index contributed by atoms with van der Waals surface area (Å²) >= 11 is 0. The molecule has 0 spiro atoms. The van der Waals surface area contributed by atoms with Gasteiger partial charge in [-0.25, -0.2) is 0 Å². The van der Waals surface area contributed by atoms with E-state index in [9.17, 15) is 14.4 Å². The highest BCUT2D eigenvalue weighted by atomic mass is 16.5. The van der Waals surface area contributed by atoms with Gasteiger partial charge in [-0.15, -0.1) is 0 Å². The molecule has 1 aromatic heterocycles. The van der Waals surface area contributed by atoms with Crippen LogP contribution in [0.3, 0.4) is 0 Å². The van der Waals surface area contributed by atoms with Gasteiger partial charge in [0.25, 0.3) is 11.8 Å². The molecule has 34 heavy (non-hydrogen) atoms. The van der Waals surface area contributed by atoms with E-state index >= 15 is 0 Å². The van der Waals surface area contributed by atoms with Gasteiger partial charge in [0, 0.05) is 44.7 Å². The fourth-order valence-corrected chi connectivity index (χ4v) is 5.38. The first-order valence-corrected chi connectivity index (χ1v) is 13.3. The molecule has 0 aromatic carbocycles. The number of ether oxygens (including phenoxy) is 1. The molecule has 8 nitrogen and oxygen atoms in total. The molecule has 0 unspecified atom stereocenters. The van der Waals surface area contributed by atoms with Crippen LogP contribution in [0.5, 0.6) is 0 Å². The lowest BCUT2D eigenvalue weighted by Gasteiger charge is -2.21. The van der Waals surface area contributed by atoms with Crippen LogP contribution in [0, 0.1) is 0 Å². The third kappa shape index (κ3) is 6.92. The molecule has 0 bridgehead atoms. The van der Waals surface area contributed by atoms with Gasteiger partial charge in [0.1, 0.15) is 11.1 Å². The van der Waals surface area contributed by atoms with Crippen LogP contribution in [0.2, 0.25) is 0 Å². The molecule has 2 amide bonds. The Morgan fingerprint density at radius 3 is 2.24 bits per heavy atom. The number of likely N-dealkylation sites (tertiary alicyclic amines) is 1. The summed E-state index contributed by atoms with van der Waals surface area (Å²) in [6, 6.07) is 0.0803. The minimum absolute atomic E-state index is 0.0322. The first kappa shape index (κ1) is 24.9. The van der Waals surface area contributed by atoms with E-state index in [0.717, 1.165) is 64.8 Å². The Kier molecular flexibility index (Phi) is 9.16. The highest BCUT2D eigenvalue weighted by Gasteiger charge is 2.24. The van der Waals surface area contributed by atoms with Gasteiger partial charge in [-0.1, -0.05) is 32.1 Å². The van der Waals surface area contributed by atoms with E-state index in [1.165, 1.54) is 32.1 Å². The third-order valence-corrected chi connectivity index (χ3v) is 7.36. The number of nitrogens with one attached hydrogen (secondary N) is 2. The molecule has 1 aliphatic carbocycles. The molecule has 1 atom stereocenters. The molecule has 0 radical (unpaired) electrons. The van der Waals surface area contributed by atoms with E-state index in [1.807, 2.05) is 0 Å². The molecule has 1 saturated carbocycles. The standard InChI is InChI=1S/C26H40N4O4/c31-24-22(25(32)27-12-15-29-13-6-7-14-29)18-30(17-21-11-8-16-34-21)19-23(24)26(33)28-20-9-4-2-1-3-5-10-20/h18-21H,1-17H2,(H,27,32)(H,28,33)/t21-/m1/s1. The monoisotopic (exact) mass is 472 g/mol. The minimum atomic E-state index is -0.495. The van der Waals surface area contributed by atoms with Crippen molar-refractivity contribution >= 4 is 11.8 Å². The van der Waals surface area contributed by atoms with Crippen LogP contribution in [-0.4, -0.2) is 66.2 Å². The second kappa shape index (κ2) is 12.5. The van der Waals surface area contributed by atoms with E-state index in [-0.39, 0.29) is 29.2 Å². The van der Waals surface area contributed by atoms with E-state index in [1.54, 1.807) is 17.0 Å². The summed E-state index contributed by atoms with van der Waals surface area (Å²) in [4.78, 5) is 41.7. The Morgan fingerprint density at radius 2 is 1.56 bits per heavy atom. The zero-order valence-corrected chi connectivity index (χ0v) is 20.4. The highest BCUT2D eigenvalue weighted by Crippen LogP contribution is 2.18. The van der Waals surface area contributed by atoms with Crippen molar-refractivity contribution in [1.82, 2.24) is 20.1 Å². The summed E-state index contributed by atoms with van der Waals surface area (Å²) in [6.45, 7) is 4.63. The Labute approximate surface area is 202 Å². The third-order valence-electron chi connectivity index (χ3n) is 7.36. The molecule has 8 heteroatoms. The van der Waals surface area contributed by atoms with Crippen molar-refractivity contribution in [3.63, 3.8) is 0 Å². The van der Waals surface area contributed by atoms with Gasteiger partial charge in [-0.05, 0) is 51.6 Å². The van der Waals surface area contributed by atoms with Crippen LogP contribution >= 0.6 is 0 Å². The van der Waals surface area contributed by atoms with E-state index < -0.39 is 11.3 Å². The summed E-state index contributed by atoms with van der Waals surface area (Å²) in [7, 11) is 0. The number of carbonyl (C=O) groups excluding carboxylic acids is 2. The summed E-state index contributed by atoms with van der Waals surface area (Å²) in [5, 5.41) is 5.98. The topological polar surface area (TPSA) is 92.7 Å². The molecule has 1 aromatic rings. The molecule has 3 aliphatic rings. The molecule has 2 aliphatic heterocycles.